The van der Waals surface area contributed by atoms with E-state index in [1.807, 2.05) is 6.07 Å². The molecular weight excluding hydrogens is 227 g/mol. The van der Waals surface area contributed by atoms with Crippen LogP contribution in [0.25, 0.3) is 0 Å². The Hall–Kier alpha value is -1.05. The zero-order valence-corrected chi connectivity index (χ0v) is 12.0. The van der Waals surface area contributed by atoms with Crippen molar-refractivity contribution in [2.24, 2.45) is 5.92 Å². The summed E-state index contributed by atoms with van der Waals surface area (Å²) in [6.07, 6.45) is 3.99. The number of rotatable bonds is 7. The molecule has 0 aliphatic carbocycles. The molecule has 1 nitrogen and oxygen atoms in total. The van der Waals surface area contributed by atoms with Gasteiger partial charge in [0.2, 0.25) is 0 Å². The van der Waals surface area contributed by atoms with Gasteiger partial charge in [-0.15, -0.1) is 0 Å². The van der Waals surface area contributed by atoms with E-state index >= 15 is 0 Å². The molecule has 1 aromatic carbocycles. The Morgan fingerprint density at radius 2 is 1.94 bits per heavy atom. The van der Waals surface area contributed by atoms with E-state index in [1.165, 1.54) is 0 Å². The topological polar surface area (TPSA) is 9.23 Å². The molecule has 1 unspecified atom stereocenters. The third-order valence-corrected chi connectivity index (χ3v) is 3.00. The summed E-state index contributed by atoms with van der Waals surface area (Å²) in [6.45, 7) is 8.47. The zero-order chi connectivity index (χ0) is 13.5. The van der Waals surface area contributed by atoms with Crippen LogP contribution in [0.15, 0.2) is 18.2 Å². The van der Waals surface area contributed by atoms with Crippen molar-refractivity contribution in [1.29, 1.82) is 0 Å². The monoisotopic (exact) mass is 252 g/mol. The van der Waals surface area contributed by atoms with Crippen LogP contribution in [0.3, 0.4) is 0 Å². The molecule has 0 bridgehead atoms. The van der Waals surface area contributed by atoms with Gasteiger partial charge in [-0.05, 0) is 42.9 Å². The lowest BCUT2D eigenvalue weighted by Crippen LogP contribution is -2.15. The highest BCUT2D eigenvalue weighted by atomic mass is 19.1. The van der Waals surface area contributed by atoms with Gasteiger partial charge in [-0.2, -0.15) is 0 Å². The molecule has 0 aliphatic heterocycles. The minimum absolute atomic E-state index is 0.125. The van der Waals surface area contributed by atoms with Gasteiger partial charge in [-0.1, -0.05) is 40.2 Å². The van der Waals surface area contributed by atoms with Crippen molar-refractivity contribution < 1.29 is 9.13 Å². The molecule has 0 N–H and O–H groups in total. The van der Waals surface area contributed by atoms with Crippen molar-refractivity contribution in [3.63, 3.8) is 0 Å². The van der Waals surface area contributed by atoms with Gasteiger partial charge >= 0.3 is 0 Å². The summed E-state index contributed by atoms with van der Waals surface area (Å²) >= 11 is 0. The second kappa shape index (κ2) is 7.40. The molecule has 18 heavy (non-hydrogen) atoms. The molecule has 0 heterocycles. The van der Waals surface area contributed by atoms with Crippen LogP contribution in [0.4, 0.5) is 4.39 Å². The highest BCUT2D eigenvalue weighted by molar-refractivity contribution is 5.29. The van der Waals surface area contributed by atoms with Crippen LogP contribution in [-0.4, -0.2) is 6.10 Å². The summed E-state index contributed by atoms with van der Waals surface area (Å²) in [6, 6.07) is 5.34. The molecule has 0 radical (unpaired) electrons. The van der Waals surface area contributed by atoms with E-state index < -0.39 is 0 Å². The van der Waals surface area contributed by atoms with Crippen LogP contribution in [0.2, 0.25) is 0 Å². The maximum absolute atomic E-state index is 13.9. The Kier molecular flexibility index (Phi) is 6.17. The van der Waals surface area contributed by atoms with Crippen LogP contribution in [0, 0.1) is 11.7 Å². The van der Waals surface area contributed by atoms with Crippen LogP contribution in [0.1, 0.15) is 52.5 Å². The Balaban J connectivity index is 2.72. The molecule has 0 spiro atoms. The van der Waals surface area contributed by atoms with Crippen LogP contribution < -0.4 is 4.74 Å². The normalized spacial score (nSPS) is 12.8. The lowest BCUT2D eigenvalue weighted by atomic mass is 10.0. The maximum Gasteiger partial charge on any atom is 0.165 e. The average Bonchev–Trinajstić information content (AvgIpc) is 2.30. The molecule has 2 heteroatoms. The number of hydrogen-bond acceptors (Lipinski definition) is 1. The molecular formula is C16H25FO. The van der Waals surface area contributed by atoms with E-state index in [1.54, 1.807) is 12.1 Å². The lowest BCUT2D eigenvalue weighted by Gasteiger charge is -2.17. The van der Waals surface area contributed by atoms with Crippen molar-refractivity contribution in [2.75, 3.05) is 0 Å². The first kappa shape index (κ1) is 15.0. The van der Waals surface area contributed by atoms with Gasteiger partial charge in [0.1, 0.15) is 0 Å². The first-order valence-electron chi connectivity index (χ1n) is 7.01. The van der Waals surface area contributed by atoms with Gasteiger partial charge in [-0.25, -0.2) is 4.39 Å². The van der Waals surface area contributed by atoms with Gasteiger partial charge < -0.3 is 4.74 Å². The smallest absolute Gasteiger partial charge is 0.165 e. The molecule has 0 saturated heterocycles. The maximum atomic E-state index is 13.9. The molecule has 0 aliphatic rings. The van der Waals surface area contributed by atoms with Gasteiger partial charge in [0.25, 0.3) is 0 Å². The average molecular weight is 252 g/mol. The second-order valence-electron chi connectivity index (χ2n) is 5.30. The standard InChI is InChI=1S/C16H25FO/c1-5-7-14(6-2)18-16-9-8-13(10-12(3)4)11-15(16)17/h8-9,11-12,14H,5-7,10H2,1-4H3. The zero-order valence-electron chi connectivity index (χ0n) is 12.0. The summed E-state index contributed by atoms with van der Waals surface area (Å²) in [5, 5.41) is 0. The molecule has 0 saturated carbocycles. The Morgan fingerprint density at radius 3 is 2.44 bits per heavy atom. The van der Waals surface area contributed by atoms with Crippen LogP contribution in [0.5, 0.6) is 5.75 Å². The fourth-order valence-corrected chi connectivity index (χ4v) is 2.09. The molecule has 1 aromatic rings. The third-order valence-electron chi connectivity index (χ3n) is 3.00. The Morgan fingerprint density at radius 1 is 1.22 bits per heavy atom. The molecule has 0 fully saturated rings. The molecule has 1 atom stereocenters. The van der Waals surface area contributed by atoms with Crippen LogP contribution in [-0.2, 0) is 6.42 Å². The summed E-state index contributed by atoms with van der Waals surface area (Å²) in [5.41, 5.74) is 1.04. The highest BCUT2D eigenvalue weighted by Crippen LogP contribution is 2.22. The summed E-state index contributed by atoms with van der Waals surface area (Å²) in [5.74, 6) is 0.699. The number of hydrogen-bond donors (Lipinski definition) is 0. The molecule has 1 rings (SSSR count). The molecule has 0 amide bonds. The first-order valence-corrected chi connectivity index (χ1v) is 7.01. The fraction of sp³-hybridized carbons (Fsp3) is 0.625. The van der Waals surface area contributed by atoms with Crippen molar-refractivity contribution >= 4 is 0 Å². The minimum Gasteiger partial charge on any atom is -0.487 e. The highest BCUT2D eigenvalue weighted by Gasteiger charge is 2.11. The van der Waals surface area contributed by atoms with E-state index in [9.17, 15) is 4.39 Å². The van der Waals surface area contributed by atoms with E-state index in [-0.39, 0.29) is 11.9 Å². The number of ether oxygens (including phenoxy) is 1. The van der Waals surface area contributed by atoms with Gasteiger partial charge in [0.05, 0.1) is 6.10 Å². The third kappa shape index (κ3) is 4.67. The molecule has 102 valence electrons. The van der Waals surface area contributed by atoms with Crippen molar-refractivity contribution in [3.8, 4) is 5.75 Å². The van der Waals surface area contributed by atoms with E-state index in [0.717, 1.165) is 31.2 Å². The van der Waals surface area contributed by atoms with Gasteiger partial charge in [-0.3, -0.25) is 0 Å². The van der Waals surface area contributed by atoms with Crippen molar-refractivity contribution in [1.82, 2.24) is 0 Å². The number of halogens is 1. The largest absolute Gasteiger partial charge is 0.487 e. The van der Waals surface area contributed by atoms with Crippen molar-refractivity contribution in [3.05, 3.63) is 29.6 Å². The SMILES string of the molecule is CCCC(CC)Oc1ccc(CC(C)C)cc1F. The van der Waals surface area contributed by atoms with Crippen molar-refractivity contribution in [2.45, 2.75) is 59.5 Å². The predicted octanol–water partition coefficient (Wildman–Crippen LogP) is 4.98. The van der Waals surface area contributed by atoms with Crippen LogP contribution >= 0.6 is 0 Å². The van der Waals surface area contributed by atoms with Gasteiger partial charge in [0, 0.05) is 0 Å². The quantitative estimate of drug-likeness (QED) is 0.665. The summed E-state index contributed by atoms with van der Waals surface area (Å²) in [7, 11) is 0. The lowest BCUT2D eigenvalue weighted by molar-refractivity contribution is 0.178. The first-order chi connectivity index (χ1) is 8.56. The van der Waals surface area contributed by atoms with E-state index in [4.69, 9.17) is 4.74 Å². The Bertz CT molecular complexity index is 360. The fourth-order valence-electron chi connectivity index (χ4n) is 2.09. The summed E-state index contributed by atoms with van der Waals surface area (Å²) in [4.78, 5) is 0. The Labute approximate surface area is 110 Å². The van der Waals surface area contributed by atoms with Gasteiger partial charge in [0.15, 0.2) is 11.6 Å². The second-order valence-corrected chi connectivity index (χ2v) is 5.30. The van der Waals surface area contributed by atoms with E-state index in [2.05, 4.69) is 27.7 Å². The molecule has 0 aromatic heterocycles. The summed E-state index contributed by atoms with van der Waals surface area (Å²) < 4.78 is 19.6. The number of benzene rings is 1. The van der Waals surface area contributed by atoms with E-state index in [0.29, 0.717) is 11.7 Å². The predicted molar refractivity (Wildman–Crippen MR) is 74.6 cm³/mol. The minimum atomic E-state index is -0.234.